The molecule has 1 heterocycles. The van der Waals surface area contributed by atoms with E-state index in [1.807, 2.05) is 54.6 Å². The Labute approximate surface area is 210 Å². The number of hydrogen-bond acceptors (Lipinski definition) is 7. The summed E-state index contributed by atoms with van der Waals surface area (Å²) in [5, 5.41) is 7.12. The number of para-hydroxylation sites is 2. The van der Waals surface area contributed by atoms with Crippen LogP contribution in [-0.2, 0) is 9.59 Å². The number of hydrogen-bond donors (Lipinski definition) is 2. The van der Waals surface area contributed by atoms with E-state index in [1.165, 1.54) is 6.92 Å². The zero-order valence-electron chi connectivity index (χ0n) is 20.5. The van der Waals surface area contributed by atoms with Crippen molar-refractivity contribution in [3.63, 3.8) is 0 Å². The van der Waals surface area contributed by atoms with Gasteiger partial charge in [0.1, 0.15) is 5.75 Å². The van der Waals surface area contributed by atoms with E-state index >= 15 is 0 Å². The van der Waals surface area contributed by atoms with E-state index in [2.05, 4.69) is 10.6 Å². The van der Waals surface area contributed by atoms with E-state index in [-0.39, 0.29) is 23.7 Å². The first-order valence-electron chi connectivity index (χ1n) is 11.9. The molecule has 0 saturated carbocycles. The lowest BCUT2D eigenvalue weighted by atomic mass is 9.78. The van der Waals surface area contributed by atoms with Crippen molar-refractivity contribution in [2.75, 3.05) is 24.9 Å². The molecule has 0 amide bonds. The minimum Gasteiger partial charge on any atom is -0.493 e. The fourth-order valence-electron chi connectivity index (χ4n) is 4.98. The van der Waals surface area contributed by atoms with Gasteiger partial charge in [0.25, 0.3) is 0 Å². The van der Waals surface area contributed by atoms with Crippen LogP contribution in [0.3, 0.4) is 0 Å². The fourth-order valence-corrected chi connectivity index (χ4v) is 4.98. The summed E-state index contributed by atoms with van der Waals surface area (Å²) in [5.74, 6) is 1.48. The van der Waals surface area contributed by atoms with Crippen molar-refractivity contribution in [2.24, 2.45) is 0 Å². The molecule has 3 aromatic carbocycles. The Kier molecular flexibility index (Phi) is 6.38. The molecule has 5 rings (SSSR count). The van der Waals surface area contributed by atoms with Crippen molar-refractivity contribution in [3.8, 4) is 17.2 Å². The molecular weight excluding hydrogens is 456 g/mol. The lowest BCUT2D eigenvalue weighted by molar-refractivity contribution is -0.131. The molecule has 7 nitrogen and oxygen atoms in total. The summed E-state index contributed by atoms with van der Waals surface area (Å²) >= 11 is 0. The molecule has 0 unspecified atom stereocenters. The van der Waals surface area contributed by atoms with Crippen LogP contribution < -0.4 is 24.8 Å². The molecule has 0 fully saturated rings. The second kappa shape index (κ2) is 9.77. The van der Waals surface area contributed by atoms with Crippen LogP contribution in [0.2, 0.25) is 0 Å². The molecule has 0 spiro atoms. The Morgan fingerprint density at radius 3 is 2.25 bits per heavy atom. The highest BCUT2D eigenvalue weighted by Gasteiger charge is 2.36. The Morgan fingerprint density at radius 2 is 1.56 bits per heavy atom. The first kappa shape index (κ1) is 23.5. The number of ether oxygens (including phenoxy) is 3. The summed E-state index contributed by atoms with van der Waals surface area (Å²) in [5.41, 5.74) is 5.40. The average Bonchev–Trinajstić information content (AvgIpc) is 3.05. The highest BCUT2D eigenvalue weighted by atomic mass is 16.5. The number of benzene rings is 3. The van der Waals surface area contributed by atoms with Gasteiger partial charge in [0.15, 0.2) is 17.3 Å². The topological polar surface area (TPSA) is 85.9 Å². The van der Waals surface area contributed by atoms with Crippen molar-refractivity contribution in [2.45, 2.75) is 31.7 Å². The minimum absolute atomic E-state index is 0.000751. The van der Waals surface area contributed by atoms with Gasteiger partial charge in [0.2, 0.25) is 0 Å². The van der Waals surface area contributed by atoms with E-state index in [4.69, 9.17) is 14.2 Å². The van der Waals surface area contributed by atoms with Crippen LogP contribution in [0.4, 0.5) is 11.4 Å². The zero-order valence-corrected chi connectivity index (χ0v) is 20.5. The molecule has 0 radical (unpaired) electrons. The maximum absolute atomic E-state index is 13.7. The first-order chi connectivity index (χ1) is 17.5. The van der Waals surface area contributed by atoms with E-state index in [0.29, 0.717) is 30.1 Å². The van der Waals surface area contributed by atoms with Crippen LogP contribution in [0.5, 0.6) is 17.2 Å². The molecule has 0 bridgehead atoms. The molecule has 0 saturated heterocycles. The SMILES string of the molecule is COc1ccc([C@H]2CC(=O)C3=C(C2)Nc2ccccc2N[C@H]3c2ccc(OC(C)=O)cc2)cc1OC. The lowest BCUT2D eigenvalue weighted by Crippen LogP contribution is -2.26. The standard InChI is InChI=1S/C29H28N2O5/c1-17(32)36-21-11-8-18(9-12-21)29-28-24(30-22-6-4-5-7-23(22)31-29)14-20(15-25(28)33)19-10-13-26(34-2)27(16-19)35-3/h4-13,16,20,29-31H,14-15H2,1-3H3/t20-,29+/m1/s1. The van der Waals surface area contributed by atoms with Crippen LogP contribution in [0.1, 0.15) is 42.9 Å². The predicted octanol–water partition coefficient (Wildman–Crippen LogP) is 5.61. The van der Waals surface area contributed by atoms with Gasteiger partial charge in [-0.15, -0.1) is 0 Å². The molecule has 7 heteroatoms. The van der Waals surface area contributed by atoms with Crippen LogP contribution in [0.25, 0.3) is 0 Å². The van der Waals surface area contributed by atoms with Gasteiger partial charge in [-0.3, -0.25) is 9.59 Å². The number of Topliss-reactive ketones (excluding diaryl/α,β-unsaturated/α-hetero) is 1. The molecule has 3 aromatic rings. The maximum atomic E-state index is 13.7. The normalized spacial score (nSPS) is 18.7. The summed E-state index contributed by atoms with van der Waals surface area (Å²) < 4.78 is 16.1. The molecule has 2 N–H and O–H groups in total. The van der Waals surface area contributed by atoms with Gasteiger partial charge in [-0.2, -0.15) is 0 Å². The number of rotatable bonds is 5. The van der Waals surface area contributed by atoms with E-state index in [1.54, 1.807) is 26.4 Å². The summed E-state index contributed by atoms with van der Waals surface area (Å²) in [6, 6.07) is 20.7. The minimum atomic E-state index is -0.373. The number of ketones is 1. The molecule has 36 heavy (non-hydrogen) atoms. The summed E-state index contributed by atoms with van der Waals surface area (Å²) in [6.45, 7) is 1.37. The van der Waals surface area contributed by atoms with Gasteiger partial charge < -0.3 is 24.8 Å². The van der Waals surface area contributed by atoms with Crippen LogP contribution in [0, 0.1) is 0 Å². The number of anilines is 2. The Bertz CT molecular complexity index is 1350. The Morgan fingerprint density at radius 1 is 0.861 bits per heavy atom. The quantitative estimate of drug-likeness (QED) is 0.360. The summed E-state index contributed by atoms with van der Waals surface area (Å²) in [7, 11) is 3.22. The third-order valence-electron chi connectivity index (χ3n) is 6.66. The number of nitrogens with one attached hydrogen (secondary N) is 2. The number of allylic oxidation sites excluding steroid dienone is 1. The number of carbonyl (C=O) groups excluding carboxylic acids is 2. The van der Waals surface area contributed by atoms with Crippen molar-refractivity contribution in [3.05, 3.63) is 89.1 Å². The second-order valence-electron chi connectivity index (χ2n) is 8.95. The van der Waals surface area contributed by atoms with E-state index < -0.39 is 0 Å². The fraction of sp³-hybridized carbons (Fsp3) is 0.241. The molecule has 2 atom stereocenters. The van der Waals surface area contributed by atoms with Crippen molar-refractivity contribution >= 4 is 23.1 Å². The van der Waals surface area contributed by atoms with Crippen LogP contribution in [-0.4, -0.2) is 26.0 Å². The summed E-state index contributed by atoms with van der Waals surface area (Å²) in [4.78, 5) is 25.1. The van der Waals surface area contributed by atoms with Gasteiger partial charge in [-0.05, 0) is 59.9 Å². The van der Waals surface area contributed by atoms with Crippen molar-refractivity contribution in [1.82, 2.24) is 0 Å². The molecular formula is C29H28N2O5. The number of fused-ring (bicyclic) bond motifs is 1. The molecule has 2 aliphatic rings. The van der Waals surface area contributed by atoms with Crippen molar-refractivity contribution in [1.29, 1.82) is 0 Å². The number of esters is 1. The average molecular weight is 485 g/mol. The number of methoxy groups -OCH3 is 2. The Hall–Kier alpha value is -4.26. The van der Waals surface area contributed by atoms with Crippen LogP contribution >= 0.6 is 0 Å². The monoisotopic (exact) mass is 484 g/mol. The Balaban J connectivity index is 1.54. The van der Waals surface area contributed by atoms with Crippen molar-refractivity contribution < 1.29 is 23.8 Å². The third kappa shape index (κ3) is 4.52. The largest absolute Gasteiger partial charge is 0.493 e. The molecule has 184 valence electrons. The predicted molar refractivity (Wildman–Crippen MR) is 138 cm³/mol. The van der Waals surface area contributed by atoms with Gasteiger partial charge in [0.05, 0.1) is 31.6 Å². The zero-order chi connectivity index (χ0) is 25.2. The highest BCUT2D eigenvalue weighted by Crippen LogP contribution is 2.45. The lowest BCUT2D eigenvalue weighted by Gasteiger charge is -2.30. The maximum Gasteiger partial charge on any atom is 0.308 e. The first-order valence-corrected chi connectivity index (χ1v) is 11.9. The van der Waals surface area contributed by atoms with Gasteiger partial charge in [-0.25, -0.2) is 0 Å². The van der Waals surface area contributed by atoms with Gasteiger partial charge in [0, 0.05) is 24.6 Å². The molecule has 0 aromatic heterocycles. The summed E-state index contributed by atoms with van der Waals surface area (Å²) in [6.07, 6.45) is 1.06. The smallest absolute Gasteiger partial charge is 0.308 e. The van der Waals surface area contributed by atoms with Gasteiger partial charge in [-0.1, -0.05) is 30.3 Å². The highest BCUT2D eigenvalue weighted by molar-refractivity contribution is 6.01. The van der Waals surface area contributed by atoms with E-state index in [9.17, 15) is 9.59 Å². The third-order valence-corrected chi connectivity index (χ3v) is 6.66. The van der Waals surface area contributed by atoms with Crippen LogP contribution in [0.15, 0.2) is 78.0 Å². The molecule has 1 aliphatic heterocycles. The molecule has 1 aliphatic carbocycles. The van der Waals surface area contributed by atoms with E-state index in [0.717, 1.165) is 33.8 Å². The van der Waals surface area contributed by atoms with Gasteiger partial charge >= 0.3 is 5.97 Å². The number of carbonyl (C=O) groups is 2. The second-order valence-corrected chi connectivity index (χ2v) is 8.95.